The molecule has 0 bridgehead atoms. The number of carbonyl (C=O) groups excluding carboxylic acids is 1. The molecule has 1 aromatic heterocycles. The second kappa shape index (κ2) is 10.1. The number of hydrogen-bond acceptors (Lipinski definition) is 4. The number of H-pyrrole nitrogens is 1. The molecule has 6 nitrogen and oxygen atoms in total. The lowest BCUT2D eigenvalue weighted by Gasteiger charge is -2.12. The summed E-state index contributed by atoms with van der Waals surface area (Å²) in [6, 6.07) is 11.8. The maximum atomic E-state index is 13.5. The summed E-state index contributed by atoms with van der Waals surface area (Å²) in [5.41, 5.74) is 1.44. The lowest BCUT2D eigenvalue weighted by Crippen LogP contribution is -2.15. The monoisotopic (exact) mass is 572 g/mol. The molecule has 0 fully saturated rings. The number of hydrogen-bond donors (Lipinski definition) is 3. The van der Waals surface area contributed by atoms with Crippen LogP contribution in [0.4, 0.5) is 30.5 Å². The zero-order chi connectivity index (χ0) is 24.4. The summed E-state index contributed by atoms with van der Waals surface area (Å²) in [7, 11) is 0. The molecule has 3 aromatic carbocycles. The fourth-order valence-electron chi connectivity index (χ4n) is 3.06. The van der Waals surface area contributed by atoms with Gasteiger partial charge >= 0.3 is 0 Å². The van der Waals surface area contributed by atoms with E-state index in [0.717, 1.165) is 16.6 Å². The summed E-state index contributed by atoms with van der Waals surface area (Å²) in [6.07, 6.45) is -2.74. The summed E-state index contributed by atoms with van der Waals surface area (Å²) in [5.74, 6) is -1.06. The number of imidazole rings is 1. The number of benzene rings is 3. The molecule has 0 aliphatic heterocycles. The maximum absolute atomic E-state index is 13.5. The Bertz CT molecular complexity index is 1340. The highest BCUT2D eigenvalue weighted by Gasteiger charge is 2.19. The number of nitrogens with zero attached hydrogens (tertiary/aromatic N) is 1. The van der Waals surface area contributed by atoms with Gasteiger partial charge in [0.2, 0.25) is 5.95 Å². The van der Waals surface area contributed by atoms with Crippen molar-refractivity contribution in [1.29, 1.82) is 0 Å². The Morgan fingerprint density at radius 1 is 1.12 bits per heavy atom. The van der Waals surface area contributed by atoms with Crippen LogP contribution in [-0.2, 0) is 0 Å². The Balaban J connectivity index is 1.68. The predicted molar refractivity (Wildman–Crippen MR) is 129 cm³/mol. The largest absolute Gasteiger partial charge is 0.487 e. The third-order valence-electron chi connectivity index (χ3n) is 4.55. The third kappa shape index (κ3) is 5.57. The molecule has 3 N–H and O–H groups in total. The highest BCUT2D eigenvalue weighted by molar-refractivity contribution is 9.10. The van der Waals surface area contributed by atoms with Gasteiger partial charge in [0, 0.05) is 16.2 Å². The van der Waals surface area contributed by atoms with Crippen LogP contribution in [-0.4, -0.2) is 28.9 Å². The molecule has 4 rings (SSSR count). The Morgan fingerprint density at radius 3 is 2.44 bits per heavy atom. The van der Waals surface area contributed by atoms with E-state index in [-0.39, 0.29) is 33.0 Å². The molecule has 0 atom stereocenters. The summed E-state index contributed by atoms with van der Waals surface area (Å²) < 4.78 is 45.1. The second-order valence-electron chi connectivity index (χ2n) is 6.98. The molecule has 0 unspecified atom stereocenters. The number of aromatic amines is 1. The van der Waals surface area contributed by atoms with Crippen molar-refractivity contribution >= 4 is 73.4 Å². The van der Waals surface area contributed by atoms with Crippen LogP contribution in [0.1, 0.15) is 10.4 Å². The fourth-order valence-corrected chi connectivity index (χ4v) is 3.88. The van der Waals surface area contributed by atoms with E-state index in [9.17, 15) is 18.0 Å². The lowest BCUT2D eigenvalue weighted by molar-refractivity contribution is 0.0804. The van der Waals surface area contributed by atoms with Crippen molar-refractivity contribution in [1.82, 2.24) is 9.97 Å². The van der Waals surface area contributed by atoms with Gasteiger partial charge in [-0.25, -0.2) is 18.2 Å². The van der Waals surface area contributed by atoms with E-state index in [1.54, 1.807) is 24.3 Å². The maximum Gasteiger partial charge on any atom is 0.272 e. The standard InChI is InChI=1S/C22H14BrCl2F3N4O2/c23-10-1-3-12(4-2-10)29-21(33)13-7-16-17(8-18(13)34-9-19(27)28)31-22(30-16)32-20-14(24)5-11(26)6-15(20)25/h1-8,19H,9H2,(H,29,33)(H2,30,31,32). The first-order chi connectivity index (χ1) is 16.2. The Labute approximate surface area is 209 Å². The number of aromatic nitrogens is 2. The Morgan fingerprint density at radius 2 is 1.79 bits per heavy atom. The van der Waals surface area contributed by atoms with Crippen molar-refractivity contribution in [3.8, 4) is 5.75 Å². The van der Waals surface area contributed by atoms with E-state index in [1.165, 1.54) is 12.1 Å². The highest BCUT2D eigenvalue weighted by atomic mass is 79.9. The van der Waals surface area contributed by atoms with Gasteiger partial charge in [-0.15, -0.1) is 0 Å². The normalized spacial score (nSPS) is 11.1. The van der Waals surface area contributed by atoms with Crippen LogP contribution in [0.3, 0.4) is 0 Å². The van der Waals surface area contributed by atoms with Gasteiger partial charge in [0.1, 0.15) is 18.2 Å². The minimum absolute atomic E-state index is 0.00645. The van der Waals surface area contributed by atoms with Crippen LogP contribution in [0.25, 0.3) is 11.0 Å². The first kappa shape index (κ1) is 24.2. The Kier molecular flexibility index (Phi) is 7.20. The van der Waals surface area contributed by atoms with Gasteiger partial charge in [0.15, 0.2) is 0 Å². The fraction of sp³-hybridized carbons (Fsp3) is 0.0909. The molecule has 34 heavy (non-hydrogen) atoms. The van der Waals surface area contributed by atoms with Crippen LogP contribution >= 0.6 is 39.1 Å². The van der Waals surface area contributed by atoms with E-state index in [1.807, 2.05) is 0 Å². The number of amides is 1. The van der Waals surface area contributed by atoms with E-state index >= 15 is 0 Å². The SMILES string of the molecule is O=C(Nc1ccc(Br)cc1)c1cc2nc(Nc3c(Cl)cc(F)cc3Cl)[nH]c2cc1OCC(F)F. The zero-order valence-corrected chi connectivity index (χ0v) is 20.0. The van der Waals surface area contributed by atoms with Crippen molar-refractivity contribution in [2.75, 3.05) is 17.2 Å². The van der Waals surface area contributed by atoms with Crippen molar-refractivity contribution in [2.45, 2.75) is 6.43 Å². The molecule has 0 saturated carbocycles. The van der Waals surface area contributed by atoms with Gasteiger partial charge in [0.25, 0.3) is 12.3 Å². The van der Waals surface area contributed by atoms with Gasteiger partial charge < -0.3 is 20.4 Å². The predicted octanol–water partition coefficient (Wildman–Crippen LogP) is 7.41. The molecule has 0 aliphatic carbocycles. The van der Waals surface area contributed by atoms with Crippen LogP contribution < -0.4 is 15.4 Å². The molecule has 0 spiro atoms. The molecule has 176 valence electrons. The van der Waals surface area contributed by atoms with Crippen molar-refractivity contribution in [3.63, 3.8) is 0 Å². The zero-order valence-electron chi connectivity index (χ0n) is 16.9. The van der Waals surface area contributed by atoms with Gasteiger partial charge in [-0.1, -0.05) is 39.1 Å². The average Bonchev–Trinajstić information content (AvgIpc) is 3.17. The number of ether oxygens (including phenoxy) is 1. The minimum Gasteiger partial charge on any atom is -0.487 e. The highest BCUT2D eigenvalue weighted by Crippen LogP contribution is 2.34. The number of anilines is 3. The number of carbonyl (C=O) groups is 1. The van der Waals surface area contributed by atoms with Crippen LogP contribution in [0.5, 0.6) is 5.75 Å². The summed E-state index contributed by atoms with van der Waals surface area (Å²) in [4.78, 5) is 20.2. The van der Waals surface area contributed by atoms with Crippen molar-refractivity contribution in [2.24, 2.45) is 0 Å². The topological polar surface area (TPSA) is 79.0 Å². The number of halogens is 6. The summed E-state index contributed by atoms with van der Waals surface area (Å²) in [6.45, 7) is -0.899. The molecule has 0 aliphatic rings. The first-order valence-electron chi connectivity index (χ1n) is 9.63. The molecular formula is C22H14BrCl2F3N4O2. The summed E-state index contributed by atoms with van der Waals surface area (Å²) >= 11 is 15.4. The van der Waals surface area contributed by atoms with E-state index in [0.29, 0.717) is 16.7 Å². The van der Waals surface area contributed by atoms with Crippen molar-refractivity contribution in [3.05, 3.63) is 74.4 Å². The molecule has 4 aromatic rings. The van der Waals surface area contributed by atoms with Crippen LogP contribution in [0.15, 0.2) is 53.0 Å². The van der Waals surface area contributed by atoms with E-state index in [2.05, 4.69) is 36.5 Å². The van der Waals surface area contributed by atoms with Crippen LogP contribution in [0.2, 0.25) is 10.0 Å². The number of rotatable bonds is 7. The number of nitrogens with one attached hydrogen (secondary N) is 3. The van der Waals surface area contributed by atoms with Gasteiger partial charge in [0.05, 0.1) is 32.3 Å². The van der Waals surface area contributed by atoms with Gasteiger partial charge in [-0.2, -0.15) is 0 Å². The van der Waals surface area contributed by atoms with Crippen LogP contribution in [0, 0.1) is 5.82 Å². The van der Waals surface area contributed by atoms with Crippen molar-refractivity contribution < 1.29 is 22.7 Å². The number of fused-ring (bicyclic) bond motifs is 1. The third-order valence-corrected chi connectivity index (χ3v) is 5.67. The quantitative estimate of drug-likeness (QED) is 0.215. The lowest BCUT2D eigenvalue weighted by atomic mass is 10.1. The first-order valence-corrected chi connectivity index (χ1v) is 11.2. The molecule has 12 heteroatoms. The second-order valence-corrected chi connectivity index (χ2v) is 8.71. The van der Waals surface area contributed by atoms with E-state index in [4.69, 9.17) is 27.9 Å². The molecule has 0 radical (unpaired) electrons. The summed E-state index contributed by atoms with van der Waals surface area (Å²) in [5, 5.41) is 5.61. The molecule has 0 saturated heterocycles. The smallest absolute Gasteiger partial charge is 0.272 e. The van der Waals surface area contributed by atoms with E-state index < -0.39 is 24.8 Å². The number of alkyl halides is 2. The molecular weight excluding hydrogens is 560 g/mol. The minimum atomic E-state index is -2.74. The van der Waals surface area contributed by atoms with Gasteiger partial charge in [-0.05, 0) is 42.5 Å². The Hall–Kier alpha value is -2.95. The molecule has 1 heterocycles. The molecule has 1 amide bonds. The van der Waals surface area contributed by atoms with Gasteiger partial charge in [-0.3, -0.25) is 4.79 Å². The average molecular weight is 574 g/mol.